The molecule has 0 atom stereocenters. The summed E-state index contributed by atoms with van der Waals surface area (Å²) in [6.07, 6.45) is 3.44. The maximum Gasteiger partial charge on any atom is 0.230 e. The lowest BCUT2D eigenvalue weighted by atomic mass is 10.1. The summed E-state index contributed by atoms with van der Waals surface area (Å²) in [7, 11) is 3.19. The highest BCUT2D eigenvalue weighted by molar-refractivity contribution is 6.31. The molecule has 9 heteroatoms. The summed E-state index contributed by atoms with van der Waals surface area (Å²) in [5.74, 6) is 1.04. The number of anilines is 1. The minimum atomic E-state index is -0.295. The van der Waals surface area contributed by atoms with Gasteiger partial charge in [-0.15, -0.1) is 0 Å². The first-order valence-corrected chi connectivity index (χ1v) is 10.6. The second-order valence-electron chi connectivity index (χ2n) is 7.15. The Morgan fingerprint density at radius 2 is 2.00 bits per heavy atom. The van der Waals surface area contributed by atoms with Crippen molar-refractivity contribution in [2.75, 3.05) is 26.1 Å². The topological polar surface area (TPSA) is 109 Å². The first-order valence-electron chi connectivity index (χ1n) is 10.2. The smallest absolute Gasteiger partial charge is 0.230 e. The van der Waals surface area contributed by atoms with Crippen LogP contribution in [-0.4, -0.2) is 36.6 Å². The van der Waals surface area contributed by atoms with Crippen LogP contribution in [-0.2, 0) is 24.2 Å². The Morgan fingerprint density at radius 1 is 1.15 bits per heavy atom. The zero-order valence-electron chi connectivity index (χ0n) is 18.4. The summed E-state index contributed by atoms with van der Waals surface area (Å²) < 4.78 is 10.7. The highest BCUT2D eigenvalue weighted by Gasteiger charge is 2.13. The van der Waals surface area contributed by atoms with Crippen molar-refractivity contribution in [2.24, 2.45) is 0 Å². The molecule has 0 saturated heterocycles. The number of ether oxygens (including phenoxy) is 2. The van der Waals surface area contributed by atoms with Crippen LogP contribution < -0.4 is 20.1 Å². The second kappa shape index (κ2) is 11.8. The molecule has 2 aromatic carbocycles. The van der Waals surface area contributed by atoms with E-state index in [1.165, 1.54) is 19.5 Å². The minimum absolute atomic E-state index is 0.00935. The third-order valence-electron chi connectivity index (χ3n) is 4.84. The molecule has 0 aliphatic rings. The van der Waals surface area contributed by atoms with E-state index in [9.17, 15) is 4.79 Å². The van der Waals surface area contributed by atoms with Gasteiger partial charge in [-0.25, -0.2) is 4.98 Å². The molecule has 0 aliphatic carbocycles. The van der Waals surface area contributed by atoms with Crippen LogP contribution in [0.2, 0.25) is 5.02 Å². The predicted octanol–water partition coefficient (Wildman–Crippen LogP) is 3.53. The van der Waals surface area contributed by atoms with Gasteiger partial charge in [0.25, 0.3) is 0 Å². The van der Waals surface area contributed by atoms with E-state index < -0.39 is 0 Å². The maximum atomic E-state index is 12.4. The fourth-order valence-electron chi connectivity index (χ4n) is 3.15. The summed E-state index contributed by atoms with van der Waals surface area (Å²) >= 11 is 6.47. The van der Waals surface area contributed by atoms with Crippen molar-refractivity contribution < 1.29 is 14.3 Å². The number of aromatic nitrogens is 2. The van der Waals surface area contributed by atoms with Crippen molar-refractivity contribution in [3.8, 4) is 17.6 Å². The largest absolute Gasteiger partial charge is 0.497 e. The van der Waals surface area contributed by atoms with E-state index >= 15 is 0 Å². The molecule has 0 radical (unpaired) electrons. The van der Waals surface area contributed by atoms with Crippen molar-refractivity contribution in [3.05, 3.63) is 76.3 Å². The lowest BCUT2D eigenvalue weighted by Gasteiger charge is -2.14. The Morgan fingerprint density at radius 3 is 2.70 bits per heavy atom. The highest BCUT2D eigenvalue weighted by Crippen LogP contribution is 2.31. The number of carbonyl (C=O) groups is 1. The van der Waals surface area contributed by atoms with Crippen LogP contribution in [0.4, 0.5) is 5.69 Å². The maximum absolute atomic E-state index is 12.4. The number of nitrogens with zero attached hydrogens (tertiary/aromatic N) is 3. The van der Waals surface area contributed by atoms with Crippen LogP contribution in [0.5, 0.6) is 11.5 Å². The van der Waals surface area contributed by atoms with Crippen LogP contribution in [0.1, 0.15) is 22.5 Å². The molecule has 3 aromatic rings. The molecule has 0 aliphatic heterocycles. The molecule has 33 heavy (non-hydrogen) atoms. The zero-order valence-corrected chi connectivity index (χ0v) is 19.1. The second-order valence-corrected chi connectivity index (χ2v) is 7.56. The van der Waals surface area contributed by atoms with Crippen molar-refractivity contribution in [1.82, 2.24) is 15.3 Å². The van der Waals surface area contributed by atoms with Crippen LogP contribution in [0.3, 0.4) is 0 Å². The Kier molecular flexibility index (Phi) is 8.58. The quantitative estimate of drug-likeness (QED) is 0.441. The third kappa shape index (κ3) is 6.91. The number of rotatable bonds is 10. The van der Waals surface area contributed by atoms with Gasteiger partial charge in [0.2, 0.25) is 5.91 Å². The fourth-order valence-corrected chi connectivity index (χ4v) is 3.41. The molecule has 0 fully saturated rings. The molecule has 0 spiro atoms. The molecule has 1 heterocycles. The van der Waals surface area contributed by atoms with Crippen molar-refractivity contribution in [2.45, 2.75) is 19.4 Å². The van der Waals surface area contributed by atoms with Crippen LogP contribution in [0, 0.1) is 11.3 Å². The van der Waals surface area contributed by atoms with Crippen LogP contribution in [0.15, 0.2) is 48.8 Å². The van der Waals surface area contributed by atoms with Gasteiger partial charge in [0, 0.05) is 11.6 Å². The lowest BCUT2D eigenvalue weighted by molar-refractivity contribution is -0.115. The van der Waals surface area contributed by atoms with Crippen LogP contribution >= 0.6 is 11.6 Å². The van der Waals surface area contributed by atoms with Gasteiger partial charge in [-0.3, -0.25) is 9.78 Å². The van der Waals surface area contributed by atoms with Gasteiger partial charge in [-0.1, -0.05) is 23.7 Å². The van der Waals surface area contributed by atoms with Gasteiger partial charge in [-0.2, -0.15) is 5.26 Å². The molecular formula is C24H24ClN5O3. The van der Waals surface area contributed by atoms with E-state index in [1.807, 2.05) is 36.4 Å². The fraction of sp³-hybridized carbons (Fsp3) is 0.250. The lowest BCUT2D eigenvalue weighted by Crippen LogP contribution is -2.18. The number of carbonyl (C=O) groups excluding carboxylic acids is 1. The SMILES string of the molecule is COc1cccc(CNCCc2cc(OC)c(NC(=O)Cc3cnc(C#N)cn3)cc2Cl)c1. The van der Waals surface area contributed by atoms with Gasteiger partial charge in [0.1, 0.15) is 17.6 Å². The molecule has 0 bridgehead atoms. The van der Waals surface area contributed by atoms with E-state index in [2.05, 4.69) is 20.6 Å². The average molecular weight is 466 g/mol. The zero-order chi connectivity index (χ0) is 23.6. The average Bonchev–Trinajstić information content (AvgIpc) is 2.83. The first kappa shape index (κ1) is 24.0. The Bertz CT molecular complexity index is 1150. The first-order chi connectivity index (χ1) is 16.0. The van der Waals surface area contributed by atoms with Crippen molar-refractivity contribution in [3.63, 3.8) is 0 Å². The minimum Gasteiger partial charge on any atom is -0.497 e. The van der Waals surface area contributed by atoms with E-state index in [-0.39, 0.29) is 18.0 Å². The number of benzene rings is 2. The molecular weight excluding hydrogens is 442 g/mol. The summed E-state index contributed by atoms with van der Waals surface area (Å²) in [5, 5.41) is 15.5. The molecule has 8 nitrogen and oxygen atoms in total. The Hall–Kier alpha value is -3.67. The summed E-state index contributed by atoms with van der Waals surface area (Å²) in [4.78, 5) is 20.4. The van der Waals surface area contributed by atoms with E-state index in [0.29, 0.717) is 41.7 Å². The number of hydrogen-bond donors (Lipinski definition) is 2. The predicted molar refractivity (Wildman–Crippen MR) is 125 cm³/mol. The molecule has 0 saturated carbocycles. The number of hydrogen-bond acceptors (Lipinski definition) is 7. The highest BCUT2D eigenvalue weighted by atomic mass is 35.5. The number of halogens is 1. The normalized spacial score (nSPS) is 10.4. The van der Waals surface area contributed by atoms with Gasteiger partial charge < -0.3 is 20.1 Å². The van der Waals surface area contributed by atoms with Crippen molar-refractivity contribution in [1.29, 1.82) is 5.26 Å². The Labute approximate surface area is 197 Å². The molecule has 3 rings (SSSR count). The van der Waals surface area contributed by atoms with Crippen molar-refractivity contribution >= 4 is 23.2 Å². The molecule has 1 amide bonds. The van der Waals surface area contributed by atoms with E-state index in [0.717, 1.165) is 16.9 Å². The standard InChI is InChI=1S/C24H24ClN5O3/c1-32-20-5-3-4-16(8-20)13-27-7-6-17-9-23(33-2)22(11-21(17)25)30-24(31)10-18-14-29-19(12-26)15-28-18/h3-5,8-9,11,14-15,27H,6-7,10,13H2,1-2H3,(H,30,31). The van der Waals surface area contributed by atoms with Gasteiger partial charge in [0.15, 0.2) is 5.69 Å². The molecule has 1 aromatic heterocycles. The Balaban J connectivity index is 1.57. The summed E-state index contributed by atoms with van der Waals surface area (Å²) in [6, 6.07) is 13.3. The van der Waals surface area contributed by atoms with Crippen LogP contribution in [0.25, 0.3) is 0 Å². The van der Waals surface area contributed by atoms with E-state index in [1.54, 1.807) is 13.2 Å². The number of nitriles is 1. The molecule has 170 valence electrons. The molecule has 2 N–H and O–H groups in total. The van der Waals surface area contributed by atoms with Gasteiger partial charge >= 0.3 is 0 Å². The monoisotopic (exact) mass is 465 g/mol. The number of methoxy groups -OCH3 is 2. The summed E-state index contributed by atoms with van der Waals surface area (Å²) in [6.45, 7) is 1.42. The summed E-state index contributed by atoms with van der Waals surface area (Å²) in [5.41, 5.74) is 3.16. The number of nitrogens with one attached hydrogen (secondary N) is 2. The number of amides is 1. The van der Waals surface area contributed by atoms with E-state index in [4.69, 9.17) is 26.3 Å². The van der Waals surface area contributed by atoms with Gasteiger partial charge in [0.05, 0.1) is 44.4 Å². The third-order valence-corrected chi connectivity index (χ3v) is 5.19. The molecule has 0 unspecified atom stereocenters. The van der Waals surface area contributed by atoms with Gasteiger partial charge in [-0.05, 0) is 48.4 Å².